The van der Waals surface area contributed by atoms with E-state index in [1.165, 1.54) is 37.4 Å². The van der Waals surface area contributed by atoms with Crippen LogP contribution in [0, 0.1) is 0 Å². The summed E-state index contributed by atoms with van der Waals surface area (Å²) in [4.78, 5) is 12.0. The molecule has 1 heterocycles. The molecule has 20 heavy (non-hydrogen) atoms. The third-order valence-corrected chi connectivity index (χ3v) is 3.89. The van der Waals surface area contributed by atoms with Crippen molar-refractivity contribution < 1.29 is 4.79 Å². The van der Waals surface area contributed by atoms with E-state index in [9.17, 15) is 4.79 Å². The summed E-state index contributed by atoms with van der Waals surface area (Å²) in [5.41, 5.74) is 8.43. The molecule has 1 aliphatic rings. The van der Waals surface area contributed by atoms with E-state index in [4.69, 9.17) is 5.73 Å². The maximum Gasteiger partial charge on any atom is 0.275 e. The van der Waals surface area contributed by atoms with Gasteiger partial charge in [-0.15, -0.1) is 0 Å². The fraction of sp³-hybridized carbons (Fsp3) is 0.333. The summed E-state index contributed by atoms with van der Waals surface area (Å²) in [6.45, 7) is 0. The summed E-state index contributed by atoms with van der Waals surface area (Å²) in [5, 5.41) is 9.15. The van der Waals surface area contributed by atoms with Crippen LogP contribution in [-0.2, 0) is 0 Å². The van der Waals surface area contributed by atoms with Gasteiger partial charge in [0, 0.05) is 5.69 Å². The van der Waals surface area contributed by atoms with Crippen LogP contribution in [0.3, 0.4) is 0 Å². The zero-order valence-corrected chi connectivity index (χ0v) is 11.2. The zero-order chi connectivity index (χ0) is 13.9. The topological polar surface area (TPSA) is 83.8 Å². The van der Waals surface area contributed by atoms with Crippen molar-refractivity contribution in [1.29, 1.82) is 0 Å². The van der Waals surface area contributed by atoms with Gasteiger partial charge in [-0.25, -0.2) is 0 Å². The number of aromatic amines is 1. The number of rotatable bonds is 3. The first-order chi connectivity index (χ1) is 9.74. The van der Waals surface area contributed by atoms with Crippen molar-refractivity contribution >= 4 is 17.3 Å². The molecule has 1 saturated carbocycles. The average molecular weight is 270 g/mol. The highest BCUT2D eigenvalue weighted by atomic mass is 16.1. The normalized spacial score (nSPS) is 15.4. The lowest BCUT2D eigenvalue weighted by Crippen LogP contribution is -2.14. The molecule has 4 N–H and O–H groups in total. The number of benzene rings is 1. The molecule has 0 spiro atoms. The maximum absolute atomic E-state index is 12.0. The Morgan fingerprint density at radius 1 is 1.25 bits per heavy atom. The minimum atomic E-state index is -0.270. The number of amides is 1. The van der Waals surface area contributed by atoms with Gasteiger partial charge in [0.15, 0.2) is 0 Å². The van der Waals surface area contributed by atoms with Gasteiger partial charge in [0.25, 0.3) is 5.91 Å². The predicted molar refractivity (Wildman–Crippen MR) is 78.6 cm³/mol. The van der Waals surface area contributed by atoms with Crippen LogP contribution in [0.5, 0.6) is 0 Å². The smallest absolute Gasteiger partial charge is 0.275 e. The molecule has 1 aromatic heterocycles. The van der Waals surface area contributed by atoms with Gasteiger partial charge in [0.05, 0.1) is 11.9 Å². The van der Waals surface area contributed by atoms with Gasteiger partial charge in [-0.05, 0) is 36.5 Å². The Morgan fingerprint density at radius 2 is 1.95 bits per heavy atom. The molecule has 1 aliphatic carbocycles. The van der Waals surface area contributed by atoms with Crippen LogP contribution in [0.15, 0.2) is 30.5 Å². The van der Waals surface area contributed by atoms with Crippen LogP contribution in [-0.4, -0.2) is 16.1 Å². The predicted octanol–water partition coefficient (Wildman–Crippen LogP) is 2.90. The number of carbonyl (C=O) groups excluding carboxylic acids is 1. The van der Waals surface area contributed by atoms with E-state index in [0.717, 1.165) is 5.69 Å². The highest BCUT2D eigenvalue weighted by Gasteiger charge is 2.17. The minimum Gasteiger partial charge on any atom is -0.396 e. The van der Waals surface area contributed by atoms with Crippen molar-refractivity contribution in [2.24, 2.45) is 0 Å². The Kier molecular flexibility index (Phi) is 3.41. The Bertz CT molecular complexity index is 597. The van der Waals surface area contributed by atoms with E-state index in [1.807, 2.05) is 12.1 Å². The monoisotopic (exact) mass is 270 g/mol. The number of H-pyrrole nitrogens is 1. The van der Waals surface area contributed by atoms with Gasteiger partial charge in [0.1, 0.15) is 5.69 Å². The largest absolute Gasteiger partial charge is 0.396 e. The number of nitrogens with zero attached hydrogens (tertiary/aromatic N) is 1. The van der Waals surface area contributed by atoms with Crippen molar-refractivity contribution in [1.82, 2.24) is 10.2 Å². The summed E-state index contributed by atoms with van der Waals surface area (Å²) in [7, 11) is 0. The highest BCUT2D eigenvalue weighted by molar-refractivity contribution is 6.06. The number of hydrogen-bond donors (Lipinski definition) is 3. The number of hydrogen-bond acceptors (Lipinski definition) is 3. The van der Waals surface area contributed by atoms with Crippen LogP contribution < -0.4 is 11.1 Å². The molecule has 0 atom stereocenters. The number of nitrogens with two attached hydrogens (primary N) is 1. The molecule has 0 saturated heterocycles. The molecule has 1 fully saturated rings. The SMILES string of the molecule is Nc1cn[nH]c1C(=O)Nc1ccc(C2CCCC2)cc1. The van der Waals surface area contributed by atoms with E-state index in [0.29, 0.717) is 17.3 Å². The first-order valence-corrected chi connectivity index (χ1v) is 6.94. The molecule has 0 unspecified atom stereocenters. The Balaban J connectivity index is 1.69. The van der Waals surface area contributed by atoms with E-state index >= 15 is 0 Å². The number of anilines is 2. The lowest BCUT2D eigenvalue weighted by Gasteiger charge is -2.10. The minimum absolute atomic E-state index is 0.270. The maximum atomic E-state index is 12.0. The van der Waals surface area contributed by atoms with Gasteiger partial charge in [-0.3, -0.25) is 9.89 Å². The lowest BCUT2D eigenvalue weighted by atomic mass is 9.97. The summed E-state index contributed by atoms with van der Waals surface area (Å²) in [6, 6.07) is 8.08. The van der Waals surface area contributed by atoms with Crippen molar-refractivity contribution in [2.45, 2.75) is 31.6 Å². The van der Waals surface area contributed by atoms with Gasteiger partial charge < -0.3 is 11.1 Å². The first kappa shape index (κ1) is 12.7. The third kappa shape index (κ3) is 2.52. The van der Waals surface area contributed by atoms with Gasteiger partial charge >= 0.3 is 0 Å². The Labute approximate surface area is 117 Å². The number of nitrogen functional groups attached to an aromatic ring is 1. The highest BCUT2D eigenvalue weighted by Crippen LogP contribution is 2.34. The molecular formula is C15H18N4O. The summed E-state index contributed by atoms with van der Waals surface area (Å²) < 4.78 is 0. The second-order valence-electron chi connectivity index (χ2n) is 5.26. The molecule has 104 valence electrons. The molecule has 5 nitrogen and oxygen atoms in total. The van der Waals surface area contributed by atoms with Crippen LogP contribution in [0.25, 0.3) is 0 Å². The van der Waals surface area contributed by atoms with Gasteiger partial charge in [-0.1, -0.05) is 25.0 Å². The quantitative estimate of drug-likeness (QED) is 0.801. The standard InChI is InChI=1S/C15H18N4O/c16-13-9-17-19-14(13)15(20)18-12-7-5-11(6-8-12)10-3-1-2-4-10/h5-10H,1-4,16H2,(H,17,19)(H,18,20). The molecule has 0 bridgehead atoms. The fourth-order valence-electron chi connectivity index (χ4n) is 2.77. The van der Waals surface area contributed by atoms with Crippen LogP contribution in [0.4, 0.5) is 11.4 Å². The Hall–Kier alpha value is -2.30. The number of nitrogens with one attached hydrogen (secondary N) is 2. The van der Waals surface area contributed by atoms with Gasteiger partial charge in [0.2, 0.25) is 0 Å². The molecule has 0 radical (unpaired) electrons. The second kappa shape index (κ2) is 5.36. The van der Waals surface area contributed by atoms with Crippen molar-refractivity contribution in [3.63, 3.8) is 0 Å². The van der Waals surface area contributed by atoms with E-state index < -0.39 is 0 Å². The van der Waals surface area contributed by atoms with Crippen molar-refractivity contribution in [3.05, 3.63) is 41.7 Å². The fourth-order valence-corrected chi connectivity index (χ4v) is 2.77. The summed E-state index contributed by atoms with van der Waals surface area (Å²) in [5.74, 6) is 0.414. The van der Waals surface area contributed by atoms with Crippen molar-refractivity contribution in [3.8, 4) is 0 Å². The van der Waals surface area contributed by atoms with Crippen LogP contribution >= 0.6 is 0 Å². The van der Waals surface area contributed by atoms with E-state index in [-0.39, 0.29) is 5.91 Å². The van der Waals surface area contributed by atoms with E-state index in [2.05, 4.69) is 27.6 Å². The molecule has 2 aromatic rings. The lowest BCUT2D eigenvalue weighted by molar-refractivity contribution is 0.102. The summed E-state index contributed by atoms with van der Waals surface area (Å²) in [6.07, 6.45) is 6.62. The first-order valence-electron chi connectivity index (χ1n) is 6.94. The number of aromatic nitrogens is 2. The second-order valence-corrected chi connectivity index (χ2v) is 5.26. The molecule has 1 aromatic carbocycles. The van der Waals surface area contributed by atoms with Crippen LogP contribution in [0.2, 0.25) is 0 Å². The molecule has 1 amide bonds. The Morgan fingerprint density at radius 3 is 2.55 bits per heavy atom. The zero-order valence-electron chi connectivity index (χ0n) is 11.2. The van der Waals surface area contributed by atoms with E-state index in [1.54, 1.807) is 0 Å². The third-order valence-electron chi connectivity index (χ3n) is 3.89. The molecule has 3 rings (SSSR count). The van der Waals surface area contributed by atoms with Crippen molar-refractivity contribution in [2.75, 3.05) is 11.1 Å². The van der Waals surface area contributed by atoms with Crippen LogP contribution in [0.1, 0.15) is 47.7 Å². The van der Waals surface area contributed by atoms with Gasteiger partial charge in [-0.2, -0.15) is 5.10 Å². The molecular weight excluding hydrogens is 252 g/mol. The number of carbonyl (C=O) groups is 1. The molecule has 0 aliphatic heterocycles. The summed E-state index contributed by atoms with van der Waals surface area (Å²) >= 11 is 0. The average Bonchev–Trinajstić information content (AvgIpc) is 3.10. The molecule has 5 heteroatoms.